The molecule has 2 rings (SSSR count). The van der Waals surface area contributed by atoms with Crippen LogP contribution in [0.1, 0.15) is 39.2 Å². The van der Waals surface area contributed by atoms with Gasteiger partial charge in [0.2, 0.25) is 0 Å². The van der Waals surface area contributed by atoms with E-state index in [0.29, 0.717) is 31.7 Å². The van der Waals surface area contributed by atoms with Crippen molar-refractivity contribution < 1.29 is 23.8 Å². The summed E-state index contributed by atoms with van der Waals surface area (Å²) >= 11 is 1.58. The van der Waals surface area contributed by atoms with Gasteiger partial charge in [0.05, 0.1) is 14.2 Å². The number of likely N-dealkylation sites (tertiary alicyclic amines) is 1. The zero-order chi connectivity index (χ0) is 20.1. The first-order chi connectivity index (χ1) is 12.7. The van der Waals surface area contributed by atoms with Crippen molar-refractivity contribution in [3.63, 3.8) is 0 Å². The highest BCUT2D eigenvalue weighted by Crippen LogP contribution is 2.39. The molecule has 0 bridgehead atoms. The van der Waals surface area contributed by atoms with Crippen molar-refractivity contribution in [2.45, 2.75) is 49.7 Å². The summed E-state index contributed by atoms with van der Waals surface area (Å²) in [7, 11) is 3.05. The highest BCUT2D eigenvalue weighted by atomic mass is 32.2. The second kappa shape index (κ2) is 8.87. The molecule has 0 unspecified atom stereocenters. The van der Waals surface area contributed by atoms with Crippen molar-refractivity contribution in [3.05, 3.63) is 29.8 Å². The number of esters is 1. The van der Waals surface area contributed by atoms with E-state index in [1.165, 1.54) is 7.11 Å². The van der Waals surface area contributed by atoms with Crippen LogP contribution < -0.4 is 4.74 Å². The molecule has 0 aliphatic carbocycles. The Labute approximate surface area is 165 Å². The lowest BCUT2D eigenvalue weighted by atomic mass is 9.96. The van der Waals surface area contributed by atoms with E-state index in [0.717, 1.165) is 11.3 Å². The fraction of sp³-hybridized carbons (Fsp3) is 0.600. The van der Waals surface area contributed by atoms with Crippen molar-refractivity contribution in [1.29, 1.82) is 0 Å². The van der Waals surface area contributed by atoms with Crippen molar-refractivity contribution >= 4 is 23.8 Å². The van der Waals surface area contributed by atoms with Crippen LogP contribution in [0.2, 0.25) is 0 Å². The Morgan fingerprint density at radius 2 is 1.70 bits per heavy atom. The average Bonchev–Trinajstić information content (AvgIpc) is 2.65. The predicted octanol–water partition coefficient (Wildman–Crippen LogP) is 3.87. The Morgan fingerprint density at radius 3 is 2.19 bits per heavy atom. The van der Waals surface area contributed by atoms with Crippen LogP contribution in [0.25, 0.3) is 0 Å². The lowest BCUT2D eigenvalue weighted by Gasteiger charge is -2.39. The van der Waals surface area contributed by atoms with E-state index in [1.807, 2.05) is 45.0 Å². The number of thioether (sulfide) groups is 1. The summed E-state index contributed by atoms with van der Waals surface area (Å²) < 4.78 is 15.0. The molecule has 0 spiro atoms. The van der Waals surface area contributed by atoms with E-state index >= 15 is 0 Å². The molecular formula is C20H29NO5S. The number of nitrogens with zero attached hydrogens (tertiary/aromatic N) is 1. The van der Waals surface area contributed by atoms with Gasteiger partial charge < -0.3 is 19.1 Å². The van der Waals surface area contributed by atoms with E-state index in [9.17, 15) is 9.59 Å². The monoisotopic (exact) mass is 395 g/mol. The highest BCUT2D eigenvalue weighted by Gasteiger charge is 2.44. The molecule has 6 nitrogen and oxygen atoms in total. The van der Waals surface area contributed by atoms with Crippen LogP contribution in [-0.4, -0.2) is 54.6 Å². The molecule has 27 heavy (non-hydrogen) atoms. The first kappa shape index (κ1) is 21.4. The average molecular weight is 396 g/mol. The molecule has 7 heteroatoms. The van der Waals surface area contributed by atoms with Crippen LogP contribution in [0.5, 0.6) is 5.75 Å². The summed E-state index contributed by atoms with van der Waals surface area (Å²) in [5, 5.41) is 0. The molecule has 150 valence electrons. The van der Waals surface area contributed by atoms with E-state index in [-0.39, 0.29) is 12.1 Å². The molecular weight excluding hydrogens is 366 g/mol. The van der Waals surface area contributed by atoms with E-state index in [1.54, 1.807) is 23.8 Å². The summed E-state index contributed by atoms with van der Waals surface area (Å²) in [5.74, 6) is 1.26. The van der Waals surface area contributed by atoms with Gasteiger partial charge in [-0.15, -0.1) is 11.8 Å². The second-order valence-electron chi connectivity index (χ2n) is 7.59. The third kappa shape index (κ3) is 5.79. The molecule has 1 amide bonds. The third-order valence-corrected chi connectivity index (χ3v) is 6.06. The standard InChI is InChI=1S/C20H29NO5S/c1-19(2,3)26-18(23)21-12-10-20(11-13-21,17(22)25-5)27-14-15-6-8-16(24-4)9-7-15/h6-9H,10-14H2,1-5H3. The number of ether oxygens (including phenoxy) is 3. The van der Waals surface area contributed by atoms with Crippen LogP contribution in [0.4, 0.5) is 4.79 Å². The Hall–Kier alpha value is -1.89. The number of hydrogen-bond acceptors (Lipinski definition) is 6. The minimum atomic E-state index is -0.646. The van der Waals surface area contributed by atoms with Gasteiger partial charge in [0.25, 0.3) is 0 Å². The number of hydrogen-bond donors (Lipinski definition) is 0. The van der Waals surface area contributed by atoms with Crippen LogP contribution in [0.3, 0.4) is 0 Å². The topological polar surface area (TPSA) is 65.1 Å². The van der Waals surface area contributed by atoms with Gasteiger partial charge in [0.15, 0.2) is 0 Å². The minimum Gasteiger partial charge on any atom is -0.497 e. The van der Waals surface area contributed by atoms with Crippen molar-refractivity contribution in [1.82, 2.24) is 4.90 Å². The van der Waals surface area contributed by atoms with Gasteiger partial charge in [-0.1, -0.05) is 12.1 Å². The highest BCUT2D eigenvalue weighted by molar-refractivity contribution is 8.00. The molecule has 0 radical (unpaired) electrons. The summed E-state index contributed by atoms with van der Waals surface area (Å²) in [6.07, 6.45) is 0.751. The Bertz CT molecular complexity index is 645. The summed E-state index contributed by atoms with van der Waals surface area (Å²) in [4.78, 5) is 26.5. The molecule has 0 aromatic heterocycles. The van der Waals surface area contributed by atoms with Crippen LogP contribution in [0, 0.1) is 0 Å². The van der Waals surface area contributed by atoms with Crippen molar-refractivity contribution in [2.24, 2.45) is 0 Å². The van der Waals surface area contributed by atoms with E-state index < -0.39 is 10.3 Å². The molecule has 1 saturated heterocycles. The van der Waals surface area contributed by atoms with Gasteiger partial charge >= 0.3 is 12.1 Å². The maximum Gasteiger partial charge on any atom is 0.410 e. The fourth-order valence-electron chi connectivity index (χ4n) is 2.91. The van der Waals surface area contributed by atoms with Crippen molar-refractivity contribution in [2.75, 3.05) is 27.3 Å². The van der Waals surface area contributed by atoms with Gasteiger partial charge in [-0.05, 0) is 51.3 Å². The van der Waals surface area contributed by atoms with Gasteiger partial charge in [-0.3, -0.25) is 4.79 Å². The molecule has 1 heterocycles. The summed E-state index contributed by atoms with van der Waals surface area (Å²) in [5.41, 5.74) is 0.579. The summed E-state index contributed by atoms with van der Waals surface area (Å²) in [6.45, 7) is 6.48. The van der Waals surface area contributed by atoms with Crippen LogP contribution in [-0.2, 0) is 20.0 Å². The van der Waals surface area contributed by atoms with Gasteiger partial charge in [0, 0.05) is 18.8 Å². The van der Waals surface area contributed by atoms with E-state index in [4.69, 9.17) is 14.2 Å². The predicted molar refractivity (Wildman–Crippen MR) is 106 cm³/mol. The fourth-order valence-corrected chi connectivity index (χ4v) is 4.22. The van der Waals surface area contributed by atoms with Crippen LogP contribution in [0.15, 0.2) is 24.3 Å². The summed E-state index contributed by atoms with van der Waals surface area (Å²) in [6, 6.07) is 7.80. The van der Waals surface area contributed by atoms with Gasteiger partial charge in [-0.2, -0.15) is 0 Å². The lowest BCUT2D eigenvalue weighted by Crippen LogP contribution is -2.50. The molecule has 0 N–H and O–H groups in total. The zero-order valence-electron chi connectivity index (χ0n) is 16.7. The first-order valence-corrected chi connectivity index (χ1v) is 10.0. The molecule has 1 aromatic carbocycles. The second-order valence-corrected chi connectivity index (χ2v) is 8.95. The van der Waals surface area contributed by atoms with Gasteiger partial charge in [0.1, 0.15) is 16.1 Å². The normalized spacial score (nSPS) is 16.6. The number of carbonyl (C=O) groups excluding carboxylic acids is 2. The number of rotatable bonds is 5. The quantitative estimate of drug-likeness (QED) is 0.705. The Balaban J connectivity index is 2.01. The number of amides is 1. The zero-order valence-corrected chi connectivity index (χ0v) is 17.6. The molecule has 1 fully saturated rings. The van der Waals surface area contributed by atoms with Crippen molar-refractivity contribution in [3.8, 4) is 5.75 Å². The SMILES string of the molecule is COC(=O)C1(SCc2ccc(OC)cc2)CCN(C(=O)OC(C)(C)C)CC1. The Morgan fingerprint density at radius 1 is 1.11 bits per heavy atom. The first-order valence-electron chi connectivity index (χ1n) is 9.02. The maximum atomic E-state index is 12.5. The van der Waals surface area contributed by atoms with Gasteiger partial charge in [-0.25, -0.2) is 4.79 Å². The minimum absolute atomic E-state index is 0.232. The number of benzene rings is 1. The van der Waals surface area contributed by atoms with E-state index in [2.05, 4.69) is 0 Å². The van der Waals surface area contributed by atoms with Crippen LogP contribution >= 0.6 is 11.8 Å². The largest absolute Gasteiger partial charge is 0.497 e. The molecule has 0 saturated carbocycles. The molecule has 1 aliphatic rings. The smallest absolute Gasteiger partial charge is 0.410 e. The Kier molecular flexibility index (Phi) is 7.03. The molecule has 1 aromatic rings. The maximum absolute atomic E-state index is 12.5. The number of methoxy groups -OCH3 is 2. The number of piperidine rings is 1. The molecule has 0 atom stereocenters. The molecule has 1 aliphatic heterocycles. The lowest BCUT2D eigenvalue weighted by molar-refractivity contribution is -0.144. The third-order valence-electron chi connectivity index (χ3n) is 4.45. The number of carbonyl (C=O) groups is 2.